The summed E-state index contributed by atoms with van der Waals surface area (Å²) in [7, 11) is 0. The molecule has 2 amide bonds. The van der Waals surface area contributed by atoms with Gasteiger partial charge in [0.15, 0.2) is 0 Å². The topological polar surface area (TPSA) is 65.1 Å². The third kappa shape index (κ3) is 6.16. The van der Waals surface area contributed by atoms with Crippen LogP contribution < -0.4 is 15.0 Å². The minimum Gasteiger partial charge on any atom is -0.491 e. The van der Waals surface area contributed by atoms with Crippen LogP contribution in [-0.2, 0) is 9.59 Å². The number of nitrogens with one attached hydrogen (secondary N) is 1. The summed E-state index contributed by atoms with van der Waals surface area (Å²) < 4.78 is 19.7. The molecule has 0 bridgehead atoms. The number of likely N-dealkylation sites (tertiary alicyclic amines) is 1. The number of ether oxygens (including phenoxy) is 1. The molecule has 1 N–H and O–H groups in total. The van der Waals surface area contributed by atoms with E-state index in [4.69, 9.17) is 4.74 Å². The Labute approximate surface area is 202 Å². The second kappa shape index (κ2) is 11.5. The lowest BCUT2D eigenvalue weighted by atomic mass is 10.1. The van der Waals surface area contributed by atoms with Gasteiger partial charge in [0.2, 0.25) is 11.8 Å². The van der Waals surface area contributed by atoms with Crippen LogP contribution >= 0.6 is 12.4 Å². The van der Waals surface area contributed by atoms with Crippen LogP contribution in [0.25, 0.3) is 0 Å². The van der Waals surface area contributed by atoms with Gasteiger partial charge in [-0.1, -0.05) is 13.8 Å². The number of hydrogen-bond acceptors (Lipinski definition) is 6. The molecule has 33 heavy (non-hydrogen) atoms. The SMILES string of the molecule is CCCOc1ccc(F)cc1N1CCN(CCCN2C(=O)C(C)C(NC3CC3)C2=O)CC1.Cl. The van der Waals surface area contributed by atoms with Gasteiger partial charge < -0.3 is 15.0 Å². The highest BCUT2D eigenvalue weighted by atomic mass is 35.5. The molecule has 3 fully saturated rings. The summed E-state index contributed by atoms with van der Waals surface area (Å²) in [6.07, 6.45) is 3.87. The maximum absolute atomic E-state index is 13.9. The fraction of sp³-hybridized carbons (Fsp3) is 0.667. The maximum Gasteiger partial charge on any atom is 0.247 e. The Morgan fingerprint density at radius 3 is 2.48 bits per heavy atom. The van der Waals surface area contributed by atoms with E-state index in [1.807, 2.05) is 6.92 Å². The highest BCUT2D eigenvalue weighted by molar-refractivity contribution is 6.06. The van der Waals surface area contributed by atoms with Crippen LogP contribution in [0.4, 0.5) is 10.1 Å². The summed E-state index contributed by atoms with van der Waals surface area (Å²) >= 11 is 0. The Balaban J connectivity index is 0.00000306. The molecule has 3 aliphatic rings. The number of halogens is 2. The van der Waals surface area contributed by atoms with Gasteiger partial charge in [-0.15, -0.1) is 12.4 Å². The molecule has 2 unspecified atom stereocenters. The van der Waals surface area contributed by atoms with Crippen molar-refractivity contribution in [2.75, 3.05) is 50.8 Å². The lowest BCUT2D eigenvalue weighted by Crippen LogP contribution is -2.47. The van der Waals surface area contributed by atoms with E-state index in [2.05, 4.69) is 22.0 Å². The van der Waals surface area contributed by atoms with Crippen LogP contribution in [0.1, 0.15) is 39.5 Å². The van der Waals surface area contributed by atoms with E-state index >= 15 is 0 Å². The number of piperazine rings is 1. The third-order valence-electron chi connectivity index (χ3n) is 6.63. The minimum absolute atomic E-state index is 0. The van der Waals surface area contributed by atoms with Crippen molar-refractivity contribution < 1.29 is 18.7 Å². The number of imide groups is 1. The van der Waals surface area contributed by atoms with Crippen LogP contribution in [0, 0.1) is 11.7 Å². The van der Waals surface area contributed by atoms with Crippen molar-refractivity contribution >= 4 is 29.9 Å². The van der Waals surface area contributed by atoms with E-state index in [9.17, 15) is 14.0 Å². The van der Waals surface area contributed by atoms with Crippen molar-refractivity contribution in [3.05, 3.63) is 24.0 Å². The van der Waals surface area contributed by atoms with Crippen LogP contribution in [0.5, 0.6) is 5.75 Å². The first-order valence-corrected chi connectivity index (χ1v) is 12.0. The molecule has 4 rings (SSSR count). The molecule has 0 spiro atoms. The smallest absolute Gasteiger partial charge is 0.247 e. The first-order chi connectivity index (χ1) is 15.5. The van der Waals surface area contributed by atoms with E-state index in [1.54, 1.807) is 12.1 Å². The molecule has 1 aromatic carbocycles. The second-order valence-electron chi connectivity index (χ2n) is 9.18. The number of carbonyl (C=O) groups is 2. The molecule has 0 radical (unpaired) electrons. The number of hydrogen-bond donors (Lipinski definition) is 1. The largest absolute Gasteiger partial charge is 0.491 e. The molecule has 1 aromatic rings. The normalized spacial score (nSPS) is 23.7. The number of anilines is 1. The van der Waals surface area contributed by atoms with Gasteiger partial charge in [-0.3, -0.25) is 19.4 Å². The predicted molar refractivity (Wildman–Crippen MR) is 129 cm³/mol. The van der Waals surface area contributed by atoms with Crippen LogP contribution in [0.2, 0.25) is 0 Å². The quantitative estimate of drug-likeness (QED) is 0.517. The Morgan fingerprint density at radius 1 is 1.09 bits per heavy atom. The molecule has 2 saturated heterocycles. The summed E-state index contributed by atoms with van der Waals surface area (Å²) in [5.41, 5.74) is 0.814. The molecule has 1 aliphatic carbocycles. The molecule has 2 heterocycles. The summed E-state index contributed by atoms with van der Waals surface area (Å²) in [6.45, 7) is 9.12. The molecule has 9 heteroatoms. The molecular weight excluding hydrogens is 447 g/mol. The fourth-order valence-corrected chi connectivity index (χ4v) is 4.56. The van der Waals surface area contributed by atoms with Gasteiger partial charge in [0.05, 0.1) is 24.3 Å². The number of benzene rings is 1. The van der Waals surface area contributed by atoms with Crippen molar-refractivity contribution in [3.8, 4) is 5.75 Å². The Morgan fingerprint density at radius 2 is 1.82 bits per heavy atom. The highest BCUT2D eigenvalue weighted by Crippen LogP contribution is 2.30. The number of rotatable bonds is 10. The van der Waals surface area contributed by atoms with Crippen LogP contribution in [-0.4, -0.2) is 79.6 Å². The number of amides is 2. The predicted octanol–water partition coefficient (Wildman–Crippen LogP) is 2.67. The van der Waals surface area contributed by atoms with Crippen molar-refractivity contribution in [3.63, 3.8) is 0 Å². The van der Waals surface area contributed by atoms with E-state index < -0.39 is 0 Å². The summed E-state index contributed by atoms with van der Waals surface area (Å²) in [5.74, 6) is 0.0850. The zero-order valence-corrected chi connectivity index (χ0v) is 20.4. The van der Waals surface area contributed by atoms with E-state index in [0.29, 0.717) is 19.2 Å². The zero-order valence-electron chi connectivity index (χ0n) is 19.6. The van der Waals surface area contributed by atoms with Gasteiger partial charge in [0, 0.05) is 44.8 Å². The number of nitrogens with zero attached hydrogens (tertiary/aromatic N) is 3. The highest BCUT2D eigenvalue weighted by Gasteiger charge is 2.46. The monoisotopic (exact) mass is 482 g/mol. The van der Waals surface area contributed by atoms with Crippen molar-refractivity contribution in [1.82, 2.24) is 15.1 Å². The lowest BCUT2D eigenvalue weighted by molar-refractivity contribution is -0.139. The molecule has 184 valence electrons. The average molecular weight is 483 g/mol. The Bertz CT molecular complexity index is 830. The first-order valence-electron chi connectivity index (χ1n) is 12.0. The summed E-state index contributed by atoms with van der Waals surface area (Å²) in [4.78, 5) is 31.2. The average Bonchev–Trinajstić information content (AvgIpc) is 3.60. The van der Waals surface area contributed by atoms with Gasteiger partial charge in [-0.25, -0.2) is 4.39 Å². The van der Waals surface area contributed by atoms with Gasteiger partial charge in [0.1, 0.15) is 11.6 Å². The third-order valence-corrected chi connectivity index (χ3v) is 6.63. The standard InChI is InChI=1S/C24H35FN4O3.ClH/c1-3-15-32-21-8-5-18(25)16-20(21)28-13-11-27(12-14-28)9-4-10-29-23(30)17(2)22(24(29)31)26-19-6-7-19;/h5,8,16-17,19,22,26H,3-4,6-7,9-15H2,1-2H3;1H. The lowest BCUT2D eigenvalue weighted by Gasteiger charge is -2.37. The molecular formula is C24H36ClFN4O3. The fourth-order valence-electron chi connectivity index (χ4n) is 4.56. The first kappa shape index (κ1) is 25.7. The van der Waals surface area contributed by atoms with Gasteiger partial charge in [-0.05, 0) is 44.4 Å². The maximum atomic E-state index is 13.9. The minimum atomic E-state index is -0.353. The zero-order chi connectivity index (χ0) is 22.7. The van der Waals surface area contributed by atoms with E-state index in [1.165, 1.54) is 11.0 Å². The molecule has 0 aromatic heterocycles. The van der Waals surface area contributed by atoms with Crippen molar-refractivity contribution in [2.45, 2.75) is 51.6 Å². The summed E-state index contributed by atoms with van der Waals surface area (Å²) in [5, 5.41) is 3.33. The van der Waals surface area contributed by atoms with E-state index in [0.717, 1.165) is 69.8 Å². The van der Waals surface area contributed by atoms with Gasteiger partial charge in [0.25, 0.3) is 0 Å². The molecule has 2 atom stereocenters. The van der Waals surface area contributed by atoms with Crippen molar-refractivity contribution in [1.29, 1.82) is 0 Å². The van der Waals surface area contributed by atoms with Crippen LogP contribution in [0.3, 0.4) is 0 Å². The van der Waals surface area contributed by atoms with Gasteiger partial charge in [-0.2, -0.15) is 0 Å². The molecule has 1 saturated carbocycles. The molecule has 2 aliphatic heterocycles. The van der Waals surface area contributed by atoms with Crippen molar-refractivity contribution in [2.24, 2.45) is 5.92 Å². The molecule has 7 nitrogen and oxygen atoms in total. The number of carbonyl (C=O) groups excluding carboxylic acids is 2. The van der Waals surface area contributed by atoms with Crippen LogP contribution in [0.15, 0.2) is 18.2 Å². The summed E-state index contributed by atoms with van der Waals surface area (Å²) in [6, 6.07) is 4.76. The Kier molecular flexibility index (Phi) is 8.95. The van der Waals surface area contributed by atoms with Gasteiger partial charge >= 0.3 is 0 Å². The Hall–Kier alpha value is -1.90. The van der Waals surface area contributed by atoms with E-state index in [-0.39, 0.29) is 42.0 Å². The second-order valence-corrected chi connectivity index (χ2v) is 9.18.